The highest BCUT2D eigenvalue weighted by atomic mass is 16.3. The van der Waals surface area contributed by atoms with Gasteiger partial charge >= 0.3 is 0 Å². The summed E-state index contributed by atoms with van der Waals surface area (Å²) in [5, 5.41) is 12.0. The van der Waals surface area contributed by atoms with Gasteiger partial charge in [-0.25, -0.2) is 0 Å². The molecule has 0 aliphatic carbocycles. The first-order valence-electron chi connectivity index (χ1n) is 5.38. The minimum absolute atomic E-state index is 0.181. The molecule has 1 amide bonds. The number of hydrogen-bond acceptors (Lipinski definition) is 2. The monoisotopic (exact) mass is 199 g/mol. The summed E-state index contributed by atoms with van der Waals surface area (Å²) < 4.78 is 0. The zero-order valence-corrected chi connectivity index (χ0v) is 9.18. The van der Waals surface area contributed by atoms with E-state index in [1.54, 1.807) is 0 Å². The maximum atomic E-state index is 11.1. The number of hydrogen-bond donors (Lipinski definition) is 2. The number of nitrogens with one attached hydrogen (secondary N) is 1. The number of aliphatic hydroxyl groups is 1. The topological polar surface area (TPSA) is 49.3 Å². The Bertz CT molecular complexity index is 188. The van der Waals surface area contributed by atoms with Crippen molar-refractivity contribution in [3.8, 4) is 0 Å². The highest BCUT2D eigenvalue weighted by Crippen LogP contribution is 2.02. The van der Waals surface area contributed by atoms with E-state index >= 15 is 0 Å². The second-order valence-corrected chi connectivity index (χ2v) is 3.38. The molecule has 0 bridgehead atoms. The summed E-state index contributed by atoms with van der Waals surface area (Å²) in [5.74, 6) is -0.00657. The van der Waals surface area contributed by atoms with Crippen molar-refractivity contribution in [1.82, 2.24) is 5.32 Å². The van der Waals surface area contributed by atoms with Crippen LogP contribution in [0, 0.1) is 0 Å². The molecule has 2 N–H and O–H groups in total. The fourth-order valence-electron chi connectivity index (χ4n) is 1.02. The third-order valence-electron chi connectivity index (χ3n) is 1.91. The molecule has 0 radical (unpaired) electrons. The third kappa shape index (κ3) is 7.65. The molecule has 3 nitrogen and oxygen atoms in total. The molecule has 0 rings (SSSR count). The molecule has 82 valence electrons. The molecular formula is C11H21NO2. The molecule has 14 heavy (non-hydrogen) atoms. The van der Waals surface area contributed by atoms with Gasteiger partial charge in [0.1, 0.15) is 0 Å². The standard InChI is InChI=1S/C11H21NO2/c1-3-5-7-10(13)9-11(14)12-8-6-4-2/h9,13H,3-8H2,1-2H3,(H,12,14). The first-order chi connectivity index (χ1) is 6.70. The number of carbonyl (C=O) groups is 1. The lowest BCUT2D eigenvalue weighted by Crippen LogP contribution is -2.22. The quantitative estimate of drug-likeness (QED) is 0.376. The summed E-state index contributed by atoms with van der Waals surface area (Å²) in [4.78, 5) is 11.1. The Balaban J connectivity index is 3.66. The molecule has 0 aromatic rings. The highest BCUT2D eigenvalue weighted by molar-refractivity contribution is 5.87. The Morgan fingerprint density at radius 3 is 2.50 bits per heavy atom. The van der Waals surface area contributed by atoms with Crippen molar-refractivity contribution in [1.29, 1.82) is 0 Å². The predicted octanol–water partition coefficient (Wildman–Crippen LogP) is 2.53. The maximum absolute atomic E-state index is 11.1. The molecule has 0 aliphatic heterocycles. The van der Waals surface area contributed by atoms with Crippen LogP contribution >= 0.6 is 0 Å². The summed E-state index contributed by atoms with van der Waals surface area (Å²) >= 11 is 0. The molecule has 0 atom stereocenters. The molecule has 0 heterocycles. The summed E-state index contributed by atoms with van der Waals surface area (Å²) in [6.45, 7) is 4.81. The second kappa shape index (κ2) is 8.60. The van der Waals surface area contributed by atoms with Crippen molar-refractivity contribution in [2.75, 3.05) is 6.54 Å². The van der Waals surface area contributed by atoms with Crippen molar-refractivity contribution in [2.24, 2.45) is 0 Å². The van der Waals surface area contributed by atoms with Gasteiger partial charge in [0.05, 0.1) is 5.76 Å². The zero-order chi connectivity index (χ0) is 10.8. The van der Waals surface area contributed by atoms with Crippen molar-refractivity contribution in [3.05, 3.63) is 11.8 Å². The van der Waals surface area contributed by atoms with Crippen molar-refractivity contribution in [3.63, 3.8) is 0 Å². The van der Waals surface area contributed by atoms with Crippen LogP contribution in [0.25, 0.3) is 0 Å². The van der Waals surface area contributed by atoms with Gasteiger partial charge in [-0.05, 0) is 12.8 Å². The lowest BCUT2D eigenvalue weighted by atomic mass is 10.2. The van der Waals surface area contributed by atoms with Gasteiger partial charge in [0.2, 0.25) is 5.91 Å². The van der Waals surface area contributed by atoms with Crippen LogP contribution in [0.2, 0.25) is 0 Å². The molecule has 0 fully saturated rings. The van der Waals surface area contributed by atoms with E-state index in [4.69, 9.17) is 0 Å². The zero-order valence-electron chi connectivity index (χ0n) is 9.18. The van der Waals surface area contributed by atoms with Crippen LogP contribution < -0.4 is 5.32 Å². The molecular weight excluding hydrogens is 178 g/mol. The Morgan fingerprint density at radius 1 is 1.29 bits per heavy atom. The SMILES string of the molecule is CCCCNC(=O)C=C(O)CCCC. The van der Waals surface area contributed by atoms with Crippen LogP contribution in [0.15, 0.2) is 11.8 Å². The van der Waals surface area contributed by atoms with Crippen LogP contribution in [0.4, 0.5) is 0 Å². The first kappa shape index (κ1) is 13.0. The Hall–Kier alpha value is -0.990. The van der Waals surface area contributed by atoms with Crippen molar-refractivity contribution in [2.45, 2.75) is 46.0 Å². The lowest BCUT2D eigenvalue weighted by Gasteiger charge is -2.01. The normalized spacial score (nSPS) is 11.4. The number of aliphatic hydroxyl groups excluding tert-OH is 1. The number of rotatable bonds is 7. The number of unbranched alkanes of at least 4 members (excludes halogenated alkanes) is 2. The van der Waals surface area contributed by atoms with Crippen molar-refractivity contribution < 1.29 is 9.90 Å². The summed E-state index contributed by atoms with van der Waals surface area (Å²) in [5.41, 5.74) is 0. The van der Waals surface area contributed by atoms with Gasteiger partial charge in [-0.15, -0.1) is 0 Å². The Morgan fingerprint density at radius 2 is 1.93 bits per heavy atom. The van der Waals surface area contributed by atoms with E-state index in [1.165, 1.54) is 6.08 Å². The molecule has 0 saturated heterocycles. The summed E-state index contributed by atoms with van der Waals surface area (Å²) in [6, 6.07) is 0. The molecule has 0 aliphatic rings. The molecule has 0 spiro atoms. The minimum Gasteiger partial charge on any atom is -0.512 e. The lowest BCUT2D eigenvalue weighted by molar-refractivity contribution is -0.116. The van der Waals surface area contributed by atoms with Gasteiger partial charge < -0.3 is 10.4 Å². The average molecular weight is 199 g/mol. The van der Waals surface area contributed by atoms with E-state index in [2.05, 4.69) is 19.2 Å². The van der Waals surface area contributed by atoms with Gasteiger partial charge in [-0.1, -0.05) is 26.7 Å². The smallest absolute Gasteiger partial charge is 0.247 e. The van der Waals surface area contributed by atoms with Crippen LogP contribution in [-0.4, -0.2) is 17.6 Å². The average Bonchev–Trinajstić information content (AvgIpc) is 2.15. The van der Waals surface area contributed by atoms with Crippen LogP contribution in [0.3, 0.4) is 0 Å². The summed E-state index contributed by atoms with van der Waals surface area (Å²) in [6.07, 6.45) is 5.87. The van der Waals surface area contributed by atoms with E-state index < -0.39 is 0 Å². The Kier molecular flexibility index (Phi) is 7.99. The third-order valence-corrected chi connectivity index (χ3v) is 1.91. The van der Waals surface area contributed by atoms with E-state index in [9.17, 15) is 9.90 Å². The predicted molar refractivity (Wildman–Crippen MR) is 58.2 cm³/mol. The van der Waals surface area contributed by atoms with Gasteiger partial charge in [0, 0.05) is 19.0 Å². The second-order valence-electron chi connectivity index (χ2n) is 3.38. The van der Waals surface area contributed by atoms with Gasteiger partial charge in [-0.3, -0.25) is 4.79 Å². The maximum Gasteiger partial charge on any atom is 0.247 e. The summed E-state index contributed by atoms with van der Waals surface area (Å²) in [7, 11) is 0. The number of carbonyl (C=O) groups excluding carboxylic acids is 1. The van der Waals surface area contributed by atoms with Crippen LogP contribution in [0.1, 0.15) is 46.0 Å². The molecule has 0 aromatic heterocycles. The first-order valence-corrected chi connectivity index (χ1v) is 5.38. The van der Waals surface area contributed by atoms with E-state index in [1.807, 2.05) is 0 Å². The van der Waals surface area contributed by atoms with Gasteiger partial charge in [-0.2, -0.15) is 0 Å². The fraction of sp³-hybridized carbons (Fsp3) is 0.727. The van der Waals surface area contributed by atoms with E-state index in [-0.39, 0.29) is 11.7 Å². The largest absolute Gasteiger partial charge is 0.512 e. The van der Waals surface area contributed by atoms with E-state index in [0.29, 0.717) is 13.0 Å². The molecule has 0 aromatic carbocycles. The van der Waals surface area contributed by atoms with Crippen molar-refractivity contribution >= 4 is 5.91 Å². The minimum atomic E-state index is -0.188. The number of allylic oxidation sites excluding steroid dienone is 1. The van der Waals surface area contributed by atoms with E-state index in [0.717, 1.165) is 25.7 Å². The number of amides is 1. The van der Waals surface area contributed by atoms with Gasteiger partial charge in [0.15, 0.2) is 0 Å². The van der Waals surface area contributed by atoms with Crippen LogP contribution in [-0.2, 0) is 4.79 Å². The Labute approximate surface area is 86.2 Å². The molecule has 0 unspecified atom stereocenters. The fourth-order valence-corrected chi connectivity index (χ4v) is 1.02. The highest BCUT2D eigenvalue weighted by Gasteiger charge is 1.98. The molecule has 0 saturated carbocycles. The van der Waals surface area contributed by atoms with Gasteiger partial charge in [0.25, 0.3) is 0 Å². The van der Waals surface area contributed by atoms with Crippen LogP contribution in [0.5, 0.6) is 0 Å². The molecule has 3 heteroatoms.